The number of hydrogen-bond donors (Lipinski definition) is 1. The molecule has 1 fully saturated rings. The Kier molecular flexibility index (Phi) is 5.26. The average Bonchev–Trinajstić information content (AvgIpc) is 2.56. The van der Waals surface area contributed by atoms with Gasteiger partial charge < -0.3 is 10.2 Å². The maximum atomic E-state index is 11.3. The largest absolute Gasteiger partial charge is 0.343 e. The first kappa shape index (κ1) is 13.5. The van der Waals surface area contributed by atoms with Gasteiger partial charge in [0, 0.05) is 19.5 Å². The number of likely N-dealkylation sites (tertiary alicyclic amines) is 1. The molecule has 3 heteroatoms. The molecule has 1 rings (SSSR count). The van der Waals surface area contributed by atoms with E-state index in [1.165, 1.54) is 6.42 Å². The Labute approximate surface area is 99.6 Å². The van der Waals surface area contributed by atoms with Gasteiger partial charge in [-0.15, -0.1) is 0 Å². The fraction of sp³-hybridized carbons (Fsp3) is 0.923. The summed E-state index contributed by atoms with van der Waals surface area (Å²) in [5, 5.41) is 3.44. The molecule has 1 N–H and O–H groups in total. The van der Waals surface area contributed by atoms with Crippen molar-refractivity contribution in [1.29, 1.82) is 0 Å². The second-order valence-corrected chi connectivity index (χ2v) is 5.90. The molecular formula is C13H26N2O. The Morgan fingerprint density at radius 1 is 1.31 bits per heavy atom. The van der Waals surface area contributed by atoms with E-state index in [1.54, 1.807) is 0 Å². The molecule has 1 amide bonds. The molecule has 0 unspecified atom stereocenters. The fourth-order valence-electron chi connectivity index (χ4n) is 1.92. The minimum atomic E-state index is 0.342. The van der Waals surface area contributed by atoms with Crippen LogP contribution < -0.4 is 5.32 Å². The first-order valence-corrected chi connectivity index (χ1v) is 6.47. The van der Waals surface area contributed by atoms with Crippen molar-refractivity contribution >= 4 is 5.91 Å². The van der Waals surface area contributed by atoms with Gasteiger partial charge in [-0.3, -0.25) is 4.79 Å². The zero-order valence-corrected chi connectivity index (χ0v) is 11.0. The summed E-state index contributed by atoms with van der Waals surface area (Å²) in [6.07, 6.45) is 4.10. The molecule has 1 aliphatic heterocycles. The molecule has 0 spiro atoms. The normalized spacial score (nSPS) is 17.2. The number of amides is 1. The number of rotatable bonds is 6. The van der Waals surface area contributed by atoms with Gasteiger partial charge in [0.1, 0.15) is 0 Å². The molecule has 3 nitrogen and oxygen atoms in total. The van der Waals surface area contributed by atoms with Crippen LogP contribution in [0.2, 0.25) is 0 Å². The van der Waals surface area contributed by atoms with Crippen LogP contribution in [-0.2, 0) is 4.79 Å². The fourth-order valence-corrected chi connectivity index (χ4v) is 1.92. The van der Waals surface area contributed by atoms with Crippen LogP contribution in [0, 0.1) is 5.41 Å². The molecule has 1 heterocycles. The third-order valence-electron chi connectivity index (χ3n) is 3.00. The van der Waals surface area contributed by atoms with Crippen LogP contribution in [-0.4, -0.2) is 37.0 Å². The summed E-state index contributed by atoms with van der Waals surface area (Å²) in [4.78, 5) is 13.3. The number of carbonyl (C=O) groups is 1. The molecule has 0 atom stereocenters. The summed E-state index contributed by atoms with van der Waals surface area (Å²) in [5.74, 6) is 0.342. The molecule has 16 heavy (non-hydrogen) atoms. The first-order valence-electron chi connectivity index (χ1n) is 6.47. The quantitative estimate of drug-likeness (QED) is 0.703. The van der Waals surface area contributed by atoms with Gasteiger partial charge in [0.25, 0.3) is 0 Å². The van der Waals surface area contributed by atoms with Crippen LogP contribution in [0.15, 0.2) is 0 Å². The SMILES string of the molecule is CC(C)(C)CCNCCCN1CCCC1=O. The highest BCUT2D eigenvalue weighted by molar-refractivity contribution is 5.77. The van der Waals surface area contributed by atoms with Crippen LogP contribution in [0.25, 0.3) is 0 Å². The van der Waals surface area contributed by atoms with Gasteiger partial charge in [0.05, 0.1) is 0 Å². The highest BCUT2D eigenvalue weighted by Gasteiger charge is 2.18. The number of nitrogens with zero attached hydrogens (tertiary/aromatic N) is 1. The molecule has 0 aliphatic carbocycles. The number of hydrogen-bond acceptors (Lipinski definition) is 2. The topological polar surface area (TPSA) is 32.3 Å². The van der Waals surface area contributed by atoms with Crippen LogP contribution in [0.5, 0.6) is 0 Å². The maximum absolute atomic E-state index is 11.3. The molecule has 1 saturated heterocycles. The Morgan fingerprint density at radius 2 is 2.06 bits per heavy atom. The van der Waals surface area contributed by atoms with E-state index in [4.69, 9.17) is 0 Å². The van der Waals surface area contributed by atoms with Crippen molar-refractivity contribution in [3.63, 3.8) is 0 Å². The summed E-state index contributed by atoms with van der Waals surface area (Å²) >= 11 is 0. The summed E-state index contributed by atoms with van der Waals surface area (Å²) in [7, 11) is 0. The van der Waals surface area contributed by atoms with E-state index in [-0.39, 0.29) is 0 Å². The molecular weight excluding hydrogens is 200 g/mol. The van der Waals surface area contributed by atoms with Gasteiger partial charge in [-0.2, -0.15) is 0 Å². The van der Waals surface area contributed by atoms with E-state index >= 15 is 0 Å². The van der Waals surface area contributed by atoms with Gasteiger partial charge in [-0.25, -0.2) is 0 Å². The Balaban J connectivity index is 1.94. The Hall–Kier alpha value is -0.570. The second-order valence-electron chi connectivity index (χ2n) is 5.90. The highest BCUT2D eigenvalue weighted by atomic mass is 16.2. The van der Waals surface area contributed by atoms with Crippen molar-refractivity contribution in [2.75, 3.05) is 26.2 Å². The second kappa shape index (κ2) is 6.24. The third-order valence-corrected chi connectivity index (χ3v) is 3.00. The van der Waals surface area contributed by atoms with Gasteiger partial charge in [-0.05, 0) is 37.8 Å². The van der Waals surface area contributed by atoms with Crippen LogP contribution >= 0.6 is 0 Å². The molecule has 0 bridgehead atoms. The predicted molar refractivity (Wildman–Crippen MR) is 67.4 cm³/mol. The molecule has 0 aromatic heterocycles. The summed E-state index contributed by atoms with van der Waals surface area (Å²) < 4.78 is 0. The monoisotopic (exact) mass is 226 g/mol. The lowest BCUT2D eigenvalue weighted by atomic mass is 9.92. The minimum Gasteiger partial charge on any atom is -0.343 e. The zero-order valence-electron chi connectivity index (χ0n) is 11.0. The van der Waals surface area contributed by atoms with Gasteiger partial charge in [-0.1, -0.05) is 20.8 Å². The summed E-state index contributed by atoms with van der Waals surface area (Å²) in [5.41, 5.74) is 0.415. The predicted octanol–water partition coefficient (Wildman–Crippen LogP) is 2.02. The van der Waals surface area contributed by atoms with Crippen LogP contribution in [0.4, 0.5) is 0 Å². The smallest absolute Gasteiger partial charge is 0.222 e. The van der Waals surface area contributed by atoms with E-state index in [2.05, 4.69) is 26.1 Å². The van der Waals surface area contributed by atoms with Gasteiger partial charge >= 0.3 is 0 Å². The van der Waals surface area contributed by atoms with Gasteiger partial charge in [0.15, 0.2) is 0 Å². The summed E-state index contributed by atoms with van der Waals surface area (Å²) in [6, 6.07) is 0. The van der Waals surface area contributed by atoms with Crippen LogP contribution in [0.1, 0.15) is 46.5 Å². The zero-order chi connectivity index (χ0) is 12.0. The molecule has 0 aromatic rings. The number of carbonyl (C=O) groups excluding carboxylic acids is 1. The standard InChI is InChI=1S/C13H26N2O/c1-13(2,3)7-9-14-8-5-11-15-10-4-6-12(15)16/h14H,4-11H2,1-3H3. The van der Waals surface area contributed by atoms with E-state index < -0.39 is 0 Å². The third kappa shape index (κ3) is 5.50. The van der Waals surface area contributed by atoms with Crippen molar-refractivity contribution in [3.05, 3.63) is 0 Å². The molecule has 1 aliphatic rings. The average molecular weight is 226 g/mol. The van der Waals surface area contributed by atoms with Crippen molar-refractivity contribution in [2.45, 2.75) is 46.5 Å². The van der Waals surface area contributed by atoms with E-state index in [1.807, 2.05) is 4.90 Å². The van der Waals surface area contributed by atoms with Crippen molar-refractivity contribution < 1.29 is 4.79 Å². The lowest BCUT2D eigenvalue weighted by Crippen LogP contribution is -2.29. The van der Waals surface area contributed by atoms with Crippen molar-refractivity contribution in [2.24, 2.45) is 5.41 Å². The lowest BCUT2D eigenvalue weighted by Gasteiger charge is -2.19. The van der Waals surface area contributed by atoms with E-state index in [0.29, 0.717) is 11.3 Å². The van der Waals surface area contributed by atoms with Gasteiger partial charge in [0.2, 0.25) is 5.91 Å². The first-order chi connectivity index (χ1) is 7.49. The van der Waals surface area contributed by atoms with Crippen molar-refractivity contribution in [3.8, 4) is 0 Å². The summed E-state index contributed by atoms with van der Waals surface area (Å²) in [6.45, 7) is 10.8. The molecule has 0 saturated carbocycles. The Bertz CT molecular complexity index is 220. The molecule has 0 aromatic carbocycles. The molecule has 0 radical (unpaired) electrons. The maximum Gasteiger partial charge on any atom is 0.222 e. The lowest BCUT2D eigenvalue weighted by molar-refractivity contribution is -0.127. The number of nitrogens with one attached hydrogen (secondary N) is 1. The Morgan fingerprint density at radius 3 is 2.62 bits per heavy atom. The van der Waals surface area contributed by atoms with Crippen molar-refractivity contribution in [1.82, 2.24) is 10.2 Å². The molecule has 94 valence electrons. The van der Waals surface area contributed by atoms with E-state index in [0.717, 1.165) is 45.4 Å². The minimum absolute atomic E-state index is 0.342. The van der Waals surface area contributed by atoms with E-state index in [9.17, 15) is 4.79 Å². The highest BCUT2D eigenvalue weighted by Crippen LogP contribution is 2.16. The van der Waals surface area contributed by atoms with Crippen LogP contribution in [0.3, 0.4) is 0 Å².